The van der Waals surface area contributed by atoms with Crippen LogP contribution in [0.2, 0.25) is 5.02 Å². The molecule has 0 radical (unpaired) electrons. The standard InChI is InChI=1S/C10H7ClFNO2S/c1-15-10(14)9-7(13)5-2-4(11)3-6(12)8(5)16-9/h2-3H,13H2,1H3. The van der Waals surface area contributed by atoms with Crippen LogP contribution in [0.15, 0.2) is 12.1 Å². The fourth-order valence-corrected chi connectivity index (χ4v) is 2.62. The first kappa shape index (κ1) is 11.2. The minimum absolute atomic E-state index is 0.193. The number of rotatable bonds is 1. The van der Waals surface area contributed by atoms with Gasteiger partial charge in [0.1, 0.15) is 10.7 Å². The van der Waals surface area contributed by atoms with E-state index in [2.05, 4.69) is 4.74 Å². The molecule has 16 heavy (non-hydrogen) atoms. The average Bonchev–Trinajstić information content (AvgIpc) is 2.56. The Morgan fingerprint density at radius 2 is 2.25 bits per heavy atom. The molecule has 0 bridgehead atoms. The van der Waals surface area contributed by atoms with Crippen molar-refractivity contribution >= 4 is 44.7 Å². The zero-order valence-electron chi connectivity index (χ0n) is 8.21. The number of anilines is 1. The van der Waals surface area contributed by atoms with Crippen LogP contribution in [0.25, 0.3) is 10.1 Å². The summed E-state index contributed by atoms with van der Waals surface area (Å²) >= 11 is 6.67. The fraction of sp³-hybridized carbons (Fsp3) is 0.100. The minimum Gasteiger partial charge on any atom is -0.465 e. The second-order valence-corrected chi connectivity index (χ2v) is 4.56. The van der Waals surface area contributed by atoms with E-state index in [0.29, 0.717) is 10.1 Å². The quantitative estimate of drug-likeness (QED) is 0.801. The number of esters is 1. The van der Waals surface area contributed by atoms with E-state index in [1.54, 1.807) is 0 Å². The first-order valence-electron chi connectivity index (χ1n) is 4.30. The summed E-state index contributed by atoms with van der Waals surface area (Å²) in [4.78, 5) is 11.5. The smallest absolute Gasteiger partial charge is 0.350 e. The highest BCUT2D eigenvalue weighted by Gasteiger charge is 2.19. The summed E-state index contributed by atoms with van der Waals surface area (Å²) in [5.74, 6) is -1.07. The van der Waals surface area contributed by atoms with E-state index in [9.17, 15) is 9.18 Å². The lowest BCUT2D eigenvalue weighted by Crippen LogP contribution is -2.01. The summed E-state index contributed by atoms with van der Waals surface area (Å²) < 4.78 is 18.4. The molecular formula is C10H7ClFNO2S. The van der Waals surface area contributed by atoms with Gasteiger partial charge in [-0.2, -0.15) is 0 Å². The molecule has 2 rings (SSSR count). The number of carbonyl (C=O) groups excluding carboxylic acids is 1. The molecule has 0 atom stereocenters. The van der Waals surface area contributed by atoms with E-state index < -0.39 is 11.8 Å². The number of hydrogen-bond donors (Lipinski definition) is 1. The molecule has 0 spiro atoms. The number of benzene rings is 1. The van der Waals surface area contributed by atoms with E-state index in [-0.39, 0.29) is 15.6 Å². The molecule has 84 valence electrons. The fourth-order valence-electron chi connectivity index (χ4n) is 1.39. The monoisotopic (exact) mass is 259 g/mol. The number of methoxy groups -OCH3 is 1. The van der Waals surface area contributed by atoms with Crippen LogP contribution in [-0.4, -0.2) is 13.1 Å². The lowest BCUT2D eigenvalue weighted by Gasteiger charge is -1.96. The summed E-state index contributed by atoms with van der Waals surface area (Å²) in [7, 11) is 1.25. The predicted molar refractivity (Wildman–Crippen MR) is 62.5 cm³/mol. The van der Waals surface area contributed by atoms with Gasteiger partial charge in [0.15, 0.2) is 0 Å². The Hall–Kier alpha value is -1.33. The largest absolute Gasteiger partial charge is 0.465 e. The molecule has 0 fully saturated rings. The Kier molecular flexibility index (Phi) is 2.73. The van der Waals surface area contributed by atoms with Crippen LogP contribution in [0.5, 0.6) is 0 Å². The zero-order valence-corrected chi connectivity index (χ0v) is 9.79. The van der Waals surface area contributed by atoms with Crippen molar-refractivity contribution < 1.29 is 13.9 Å². The Labute approximate surface area is 99.6 Å². The minimum atomic E-state index is -0.575. The van der Waals surface area contributed by atoms with Crippen LogP contribution < -0.4 is 5.73 Å². The maximum Gasteiger partial charge on any atom is 0.350 e. The number of nitrogens with two attached hydrogens (primary N) is 1. The van der Waals surface area contributed by atoms with Crippen molar-refractivity contribution in [2.75, 3.05) is 12.8 Å². The van der Waals surface area contributed by atoms with Crippen LogP contribution in [0.3, 0.4) is 0 Å². The molecule has 1 aromatic heterocycles. The topological polar surface area (TPSA) is 52.3 Å². The van der Waals surface area contributed by atoms with Gasteiger partial charge in [0.2, 0.25) is 0 Å². The molecule has 6 heteroatoms. The van der Waals surface area contributed by atoms with Crippen LogP contribution in [0.4, 0.5) is 10.1 Å². The Bertz CT molecular complexity index is 582. The van der Waals surface area contributed by atoms with Gasteiger partial charge in [0.25, 0.3) is 0 Å². The lowest BCUT2D eigenvalue weighted by atomic mass is 10.2. The van der Waals surface area contributed by atoms with Crippen LogP contribution >= 0.6 is 22.9 Å². The average molecular weight is 260 g/mol. The van der Waals surface area contributed by atoms with Gasteiger partial charge >= 0.3 is 5.97 Å². The number of ether oxygens (including phenoxy) is 1. The summed E-state index contributed by atoms with van der Waals surface area (Å²) in [6, 6.07) is 2.71. The predicted octanol–water partition coefficient (Wildman–Crippen LogP) is 3.06. The molecule has 0 aliphatic heterocycles. The SMILES string of the molecule is COC(=O)c1sc2c(F)cc(Cl)cc2c1N. The van der Waals surface area contributed by atoms with Gasteiger partial charge in [0, 0.05) is 10.4 Å². The normalized spacial score (nSPS) is 10.7. The van der Waals surface area contributed by atoms with Gasteiger partial charge < -0.3 is 10.5 Å². The second-order valence-electron chi connectivity index (χ2n) is 3.10. The van der Waals surface area contributed by atoms with E-state index in [4.69, 9.17) is 17.3 Å². The third kappa shape index (κ3) is 1.62. The van der Waals surface area contributed by atoms with Crippen molar-refractivity contribution in [3.05, 3.63) is 27.8 Å². The molecule has 0 saturated heterocycles. The second kappa shape index (κ2) is 3.92. The van der Waals surface area contributed by atoms with Crippen LogP contribution in [0, 0.1) is 5.82 Å². The molecule has 0 aliphatic carbocycles. The Morgan fingerprint density at radius 3 is 2.88 bits per heavy atom. The number of thiophene rings is 1. The number of nitrogen functional groups attached to an aromatic ring is 1. The van der Waals surface area contributed by atoms with Crippen molar-refractivity contribution in [1.29, 1.82) is 0 Å². The molecule has 1 aromatic carbocycles. The van der Waals surface area contributed by atoms with E-state index in [0.717, 1.165) is 11.3 Å². The Balaban J connectivity index is 2.77. The number of fused-ring (bicyclic) bond motifs is 1. The lowest BCUT2D eigenvalue weighted by molar-refractivity contribution is 0.0607. The highest BCUT2D eigenvalue weighted by atomic mass is 35.5. The van der Waals surface area contributed by atoms with E-state index in [1.807, 2.05) is 0 Å². The summed E-state index contributed by atoms with van der Waals surface area (Å²) in [6.07, 6.45) is 0. The molecular weight excluding hydrogens is 253 g/mol. The number of halogens is 2. The highest BCUT2D eigenvalue weighted by molar-refractivity contribution is 7.21. The molecule has 0 unspecified atom stereocenters. The highest BCUT2D eigenvalue weighted by Crippen LogP contribution is 2.37. The summed E-state index contributed by atoms with van der Waals surface area (Å²) in [6.45, 7) is 0. The van der Waals surface area contributed by atoms with Crippen molar-refractivity contribution in [3.63, 3.8) is 0 Å². The molecule has 1 heterocycles. The molecule has 0 amide bonds. The van der Waals surface area contributed by atoms with Crippen LogP contribution in [-0.2, 0) is 4.74 Å². The number of carbonyl (C=O) groups is 1. The third-order valence-corrected chi connectivity index (χ3v) is 3.55. The van der Waals surface area contributed by atoms with Gasteiger partial charge in [-0.15, -0.1) is 11.3 Å². The molecule has 0 aliphatic rings. The first-order chi connectivity index (χ1) is 7.54. The maximum absolute atomic E-state index is 13.5. The zero-order chi connectivity index (χ0) is 11.9. The van der Waals surface area contributed by atoms with Gasteiger partial charge in [-0.3, -0.25) is 0 Å². The van der Waals surface area contributed by atoms with Crippen LogP contribution in [0.1, 0.15) is 9.67 Å². The molecule has 0 saturated carbocycles. The molecule has 2 N–H and O–H groups in total. The van der Waals surface area contributed by atoms with Crippen molar-refractivity contribution in [1.82, 2.24) is 0 Å². The van der Waals surface area contributed by atoms with E-state index in [1.165, 1.54) is 19.2 Å². The molecule has 2 aromatic rings. The first-order valence-corrected chi connectivity index (χ1v) is 5.49. The van der Waals surface area contributed by atoms with Crippen molar-refractivity contribution in [3.8, 4) is 0 Å². The van der Waals surface area contributed by atoms with Gasteiger partial charge in [-0.25, -0.2) is 9.18 Å². The molecule has 3 nitrogen and oxygen atoms in total. The number of hydrogen-bond acceptors (Lipinski definition) is 4. The summed E-state index contributed by atoms with van der Waals surface area (Å²) in [5, 5.41) is 0.682. The van der Waals surface area contributed by atoms with Gasteiger partial charge in [0.05, 0.1) is 17.5 Å². The van der Waals surface area contributed by atoms with Crippen molar-refractivity contribution in [2.24, 2.45) is 0 Å². The summed E-state index contributed by atoms with van der Waals surface area (Å²) in [5.41, 5.74) is 5.94. The van der Waals surface area contributed by atoms with Gasteiger partial charge in [-0.05, 0) is 12.1 Å². The maximum atomic E-state index is 13.5. The Morgan fingerprint density at radius 1 is 1.56 bits per heavy atom. The van der Waals surface area contributed by atoms with Gasteiger partial charge in [-0.1, -0.05) is 11.6 Å². The van der Waals surface area contributed by atoms with Crippen molar-refractivity contribution in [2.45, 2.75) is 0 Å². The third-order valence-electron chi connectivity index (χ3n) is 2.12. The van der Waals surface area contributed by atoms with E-state index >= 15 is 0 Å².